The van der Waals surface area contributed by atoms with Gasteiger partial charge in [0.15, 0.2) is 0 Å². The first-order valence-corrected chi connectivity index (χ1v) is 15.0. The Morgan fingerprint density at radius 2 is 1.56 bits per heavy atom. The van der Waals surface area contributed by atoms with Crippen molar-refractivity contribution in [2.24, 2.45) is 0 Å². The smallest absolute Gasteiger partial charge is 0.298 e. The Morgan fingerprint density at radius 1 is 0.884 bits per heavy atom. The van der Waals surface area contributed by atoms with Gasteiger partial charge in [-0.05, 0) is 88.2 Å². The number of piperazine rings is 1. The quantitative estimate of drug-likeness (QED) is 0.182. The number of carbonyl (C=O) groups excluding carboxylic acids is 2. The number of rotatable bonds is 10. The molecule has 1 N–H and O–H groups in total. The summed E-state index contributed by atoms with van der Waals surface area (Å²) in [5, 5.41) is 2.83. The predicted molar refractivity (Wildman–Crippen MR) is 173 cm³/mol. The number of pyridine rings is 1. The van der Waals surface area contributed by atoms with Crippen molar-refractivity contribution in [2.75, 3.05) is 47.9 Å². The fourth-order valence-corrected chi connectivity index (χ4v) is 5.65. The van der Waals surface area contributed by atoms with E-state index >= 15 is 0 Å². The van der Waals surface area contributed by atoms with E-state index in [0.717, 1.165) is 60.2 Å². The van der Waals surface area contributed by atoms with Crippen molar-refractivity contribution in [1.29, 1.82) is 0 Å². The molecule has 0 unspecified atom stereocenters. The first-order chi connectivity index (χ1) is 20.7. The Bertz CT molecular complexity index is 1550. The van der Waals surface area contributed by atoms with Gasteiger partial charge in [0, 0.05) is 61.0 Å². The average molecular weight is 580 g/mol. The Kier molecular flexibility index (Phi) is 9.26. The normalized spacial score (nSPS) is 13.4. The summed E-state index contributed by atoms with van der Waals surface area (Å²) >= 11 is 0. The molecule has 1 aliphatic heterocycles. The number of amides is 1. The SMILES string of the molecule is Cc1cc(C)nc(N2CCN(c3ccc(NC(=O)C(=O)c4c(-c5ccccc5)cc(C)n4CCOC(C)C)cc3)CC2)c1. The Labute approximate surface area is 254 Å². The second-order valence-electron chi connectivity index (χ2n) is 11.4. The maximum atomic E-state index is 13.7. The highest BCUT2D eigenvalue weighted by atomic mass is 16.5. The minimum Gasteiger partial charge on any atom is -0.377 e. The molecule has 0 radical (unpaired) electrons. The molecule has 3 heterocycles. The molecule has 0 saturated carbocycles. The summed E-state index contributed by atoms with van der Waals surface area (Å²) in [5.41, 5.74) is 6.84. The van der Waals surface area contributed by atoms with Gasteiger partial charge in [-0.15, -0.1) is 0 Å². The molecule has 0 bridgehead atoms. The van der Waals surface area contributed by atoms with E-state index in [1.165, 1.54) is 5.56 Å². The zero-order valence-corrected chi connectivity index (χ0v) is 25.8. The van der Waals surface area contributed by atoms with E-state index in [1.54, 1.807) is 0 Å². The maximum absolute atomic E-state index is 13.7. The summed E-state index contributed by atoms with van der Waals surface area (Å²) in [6, 6.07) is 23.6. The largest absolute Gasteiger partial charge is 0.377 e. The lowest BCUT2D eigenvalue weighted by atomic mass is 10.0. The van der Waals surface area contributed by atoms with Crippen LogP contribution in [0.15, 0.2) is 72.8 Å². The second kappa shape index (κ2) is 13.3. The fourth-order valence-electron chi connectivity index (χ4n) is 5.65. The summed E-state index contributed by atoms with van der Waals surface area (Å²) < 4.78 is 7.65. The van der Waals surface area contributed by atoms with Gasteiger partial charge in [0.05, 0.1) is 12.7 Å². The van der Waals surface area contributed by atoms with E-state index in [2.05, 4.69) is 34.2 Å². The fraction of sp³-hybridized carbons (Fsp3) is 0.343. The molecule has 1 fully saturated rings. The van der Waals surface area contributed by atoms with E-state index in [0.29, 0.717) is 24.5 Å². The molecule has 1 amide bonds. The first-order valence-electron chi connectivity index (χ1n) is 15.0. The Balaban J connectivity index is 1.27. The number of nitrogens with zero attached hydrogens (tertiary/aromatic N) is 4. The van der Waals surface area contributed by atoms with Gasteiger partial charge in [-0.1, -0.05) is 30.3 Å². The van der Waals surface area contributed by atoms with E-state index in [4.69, 9.17) is 9.72 Å². The molecular formula is C35H41N5O3. The summed E-state index contributed by atoms with van der Waals surface area (Å²) in [5.74, 6) is -0.204. The van der Waals surface area contributed by atoms with Crippen LogP contribution in [0, 0.1) is 20.8 Å². The lowest BCUT2D eigenvalue weighted by Crippen LogP contribution is -2.46. The van der Waals surface area contributed by atoms with Crippen molar-refractivity contribution < 1.29 is 14.3 Å². The van der Waals surface area contributed by atoms with Crippen LogP contribution in [0.2, 0.25) is 0 Å². The van der Waals surface area contributed by atoms with E-state index in [-0.39, 0.29) is 6.10 Å². The summed E-state index contributed by atoms with van der Waals surface area (Å²) in [7, 11) is 0. The van der Waals surface area contributed by atoms with Gasteiger partial charge in [-0.3, -0.25) is 9.59 Å². The van der Waals surface area contributed by atoms with E-state index in [1.807, 2.05) is 92.9 Å². The number of anilines is 3. The third-order valence-electron chi connectivity index (χ3n) is 7.75. The number of hydrogen-bond acceptors (Lipinski definition) is 6. The monoisotopic (exact) mass is 579 g/mol. The number of ketones is 1. The minimum absolute atomic E-state index is 0.0770. The zero-order chi connectivity index (χ0) is 30.5. The molecule has 224 valence electrons. The lowest BCUT2D eigenvalue weighted by Gasteiger charge is -2.37. The summed E-state index contributed by atoms with van der Waals surface area (Å²) in [6.45, 7) is 14.5. The molecule has 4 aromatic rings. The van der Waals surface area contributed by atoms with Crippen LogP contribution in [0.5, 0.6) is 0 Å². The number of Topliss-reactive ketones (excluding diaryl/α,β-unsaturated/α-hetero) is 1. The van der Waals surface area contributed by atoms with Crippen LogP contribution in [0.3, 0.4) is 0 Å². The van der Waals surface area contributed by atoms with Crippen molar-refractivity contribution in [2.45, 2.75) is 47.3 Å². The van der Waals surface area contributed by atoms with Crippen LogP contribution < -0.4 is 15.1 Å². The van der Waals surface area contributed by atoms with Crippen LogP contribution in [-0.4, -0.2) is 60.1 Å². The molecule has 8 nitrogen and oxygen atoms in total. The van der Waals surface area contributed by atoms with Crippen molar-refractivity contribution in [3.8, 4) is 11.1 Å². The van der Waals surface area contributed by atoms with Gasteiger partial charge < -0.3 is 24.4 Å². The third-order valence-corrected chi connectivity index (χ3v) is 7.75. The number of carbonyl (C=O) groups is 2. The van der Waals surface area contributed by atoms with Crippen LogP contribution in [0.25, 0.3) is 11.1 Å². The molecule has 1 aliphatic rings. The van der Waals surface area contributed by atoms with Gasteiger partial charge in [0.25, 0.3) is 11.7 Å². The van der Waals surface area contributed by atoms with Gasteiger partial charge in [-0.2, -0.15) is 0 Å². The van der Waals surface area contributed by atoms with Crippen LogP contribution in [0.1, 0.15) is 41.3 Å². The van der Waals surface area contributed by atoms with Crippen molar-refractivity contribution in [3.63, 3.8) is 0 Å². The number of benzene rings is 2. The summed E-state index contributed by atoms with van der Waals surface area (Å²) in [6.07, 6.45) is 0.0770. The van der Waals surface area contributed by atoms with Crippen molar-refractivity contribution >= 4 is 28.9 Å². The standard InChI is InChI=1S/C35H41N5O3/c1-24(2)43-20-19-40-27(5)23-31(28-9-7-6-8-10-28)33(40)34(41)35(42)37-29-11-13-30(14-12-29)38-15-17-39(18-16-38)32-22-25(3)21-26(4)36-32/h6-14,21-24H,15-20H2,1-5H3,(H,37,42). The van der Waals surface area contributed by atoms with Crippen molar-refractivity contribution in [3.05, 3.63) is 95.4 Å². The molecule has 8 heteroatoms. The molecular weight excluding hydrogens is 538 g/mol. The average Bonchev–Trinajstić information content (AvgIpc) is 3.32. The number of ether oxygens (including phenoxy) is 1. The molecule has 0 spiro atoms. The van der Waals surface area contributed by atoms with Crippen LogP contribution >= 0.6 is 0 Å². The first kappa shape index (κ1) is 30.0. The van der Waals surface area contributed by atoms with Crippen LogP contribution in [-0.2, 0) is 16.1 Å². The highest BCUT2D eigenvalue weighted by Crippen LogP contribution is 2.29. The van der Waals surface area contributed by atoms with Crippen LogP contribution in [0.4, 0.5) is 17.2 Å². The van der Waals surface area contributed by atoms with Crippen molar-refractivity contribution in [1.82, 2.24) is 9.55 Å². The molecule has 0 aliphatic carbocycles. The Morgan fingerprint density at radius 3 is 2.21 bits per heavy atom. The molecule has 2 aromatic carbocycles. The van der Waals surface area contributed by atoms with Gasteiger partial charge >= 0.3 is 0 Å². The second-order valence-corrected chi connectivity index (χ2v) is 11.4. The lowest BCUT2D eigenvalue weighted by molar-refractivity contribution is -0.112. The maximum Gasteiger partial charge on any atom is 0.298 e. The highest BCUT2D eigenvalue weighted by molar-refractivity contribution is 6.47. The molecule has 2 aromatic heterocycles. The van der Waals surface area contributed by atoms with E-state index in [9.17, 15) is 9.59 Å². The topological polar surface area (TPSA) is 79.7 Å². The third kappa shape index (κ3) is 7.14. The minimum atomic E-state index is -0.663. The number of nitrogens with one attached hydrogen (secondary N) is 1. The molecule has 1 saturated heterocycles. The molecule has 0 atom stereocenters. The zero-order valence-electron chi connectivity index (χ0n) is 25.8. The van der Waals surface area contributed by atoms with E-state index < -0.39 is 11.7 Å². The number of hydrogen-bond donors (Lipinski definition) is 1. The highest BCUT2D eigenvalue weighted by Gasteiger charge is 2.26. The van der Waals surface area contributed by atoms with Gasteiger partial charge in [0.2, 0.25) is 0 Å². The number of aromatic nitrogens is 2. The van der Waals surface area contributed by atoms with Gasteiger partial charge in [0.1, 0.15) is 11.5 Å². The van der Waals surface area contributed by atoms with Gasteiger partial charge in [-0.25, -0.2) is 4.98 Å². The number of aryl methyl sites for hydroxylation is 3. The predicted octanol–water partition coefficient (Wildman–Crippen LogP) is 6.05. The Hall–Kier alpha value is -4.43. The molecule has 5 rings (SSSR count). The summed E-state index contributed by atoms with van der Waals surface area (Å²) in [4.78, 5) is 36.4. The molecule has 43 heavy (non-hydrogen) atoms.